The van der Waals surface area contributed by atoms with Gasteiger partial charge >= 0.3 is 0 Å². The van der Waals surface area contributed by atoms with Crippen LogP contribution in [0.3, 0.4) is 0 Å². The van der Waals surface area contributed by atoms with Crippen molar-refractivity contribution in [1.82, 2.24) is 5.32 Å². The van der Waals surface area contributed by atoms with Crippen molar-refractivity contribution in [2.24, 2.45) is 0 Å². The summed E-state index contributed by atoms with van der Waals surface area (Å²) in [6, 6.07) is 8.55. The first-order valence-electron chi connectivity index (χ1n) is 7.76. The minimum atomic E-state index is -1.99. The zero-order valence-electron chi connectivity index (χ0n) is 13.7. The van der Waals surface area contributed by atoms with E-state index in [1.807, 2.05) is 0 Å². The van der Waals surface area contributed by atoms with Crippen molar-refractivity contribution in [2.45, 2.75) is 12.6 Å². The van der Waals surface area contributed by atoms with E-state index in [4.69, 9.17) is 0 Å². The number of aliphatic hydroxyl groups is 2. The van der Waals surface area contributed by atoms with Crippen LogP contribution >= 0.6 is 0 Å². The first-order chi connectivity index (χ1) is 12.8. The Morgan fingerprint density at radius 1 is 1.19 bits per heavy atom. The molecule has 0 heterocycles. The van der Waals surface area contributed by atoms with Gasteiger partial charge in [-0.15, -0.1) is 0 Å². The Kier molecular flexibility index (Phi) is 4.70. The van der Waals surface area contributed by atoms with E-state index in [1.54, 1.807) is 0 Å². The Balaban J connectivity index is 1.93. The lowest BCUT2D eigenvalue weighted by molar-refractivity contribution is -0.384. The summed E-state index contributed by atoms with van der Waals surface area (Å²) in [6.45, 7) is 0.00223. The molecule has 1 unspecified atom stereocenters. The van der Waals surface area contributed by atoms with E-state index < -0.39 is 34.3 Å². The van der Waals surface area contributed by atoms with E-state index in [9.17, 15) is 34.3 Å². The largest absolute Gasteiger partial charge is 0.508 e. The quantitative estimate of drug-likeness (QED) is 0.555. The molecule has 3 rings (SSSR count). The monoisotopic (exact) mass is 372 g/mol. The fraction of sp³-hybridized carbons (Fsp3) is 0.111. The van der Waals surface area contributed by atoms with Crippen molar-refractivity contribution < 1.29 is 29.1 Å². The molecule has 2 aromatic rings. The number of amides is 1. The Morgan fingerprint density at radius 2 is 1.85 bits per heavy atom. The Bertz CT molecular complexity index is 984. The van der Waals surface area contributed by atoms with Gasteiger partial charge in [0.25, 0.3) is 11.6 Å². The van der Waals surface area contributed by atoms with Crippen molar-refractivity contribution in [3.8, 4) is 0 Å². The number of carbonyl (C=O) groups excluding carboxylic acids is 2. The van der Waals surface area contributed by atoms with Crippen molar-refractivity contribution in [2.75, 3.05) is 0 Å². The second-order valence-electron chi connectivity index (χ2n) is 5.82. The van der Waals surface area contributed by atoms with Gasteiger partial charge in [-0.3, -0.25) is 19.7 Å². The molecule has 0 saturated heterocycles. The molecule has 3 N–H and O–H groups in total. The molecule has 138 valence electrons. The average molecular weight is 372 g/mol. The molecule has 2 aromatic carbocycles. The maximum absolute atomic E-state index is 12.9. The number of hydrogen-bond donors (Lipinski definition) is 3. The summed E-state index contributed by atoms with van der Waals surface area (Å²) in [5, 5.41) is 33.4. The predicted octanol–water partition coefficient (Wildman–Crippen LogP) is 1.88. The van der Waals surface area contributed by atoms with E-state index in [1.165, 1.54) is 30.3 Å². The number of ketones is 1. The number of benzene rings is 2. The Morgan fingerprint density at radius 3 is 2.48 bits per heavy atom. The second-order valence-corrected chi connectivity index (χ2v) is 5.82. The lowest BCUT2D eigenvalue weighted by Gasteiger charge is -2.22. The highest BCUT2D eigenvalue weighted by atomic mass is 19.1. The van der Waals surface area contributed by atoms with Crippen LogP contribution in [0.1, 0.15) is 21.5 Å². The van der Waals surface area contributed by atoms with Crippen molar-refractivity contribution >= 4 is 23.0 Å². The predicted molar refractivity (Wildman–Crippen MR) is 91.2 cm³/mol. The maximum Gasteiger partial charge on any atom is 0.270 e. The highest BCUT2D eigenvalue weighted by molar-refractivity contribution is 6.26. The third-order valence-corrected chi connectivity index (χ3v) is 4.11. The van der Waals surface area contributed by atoms with Gasteiger partial charge in [0.2, 0.25) is 0 Å². The van der Waals surface area contributed by atoms with E-state index >= 15 is 0 Å². The molecule has 9 heteroatoms. The number of non-ortho nitro benzene ring substituents is 1. The summed E-state index contributed by atoms with van der Waals surface area (Å²) < 4.78 is 12.9. The Hall–Kier alpha value is -3.59. The van der Waals surface area contributed by atoms with E-state index in [2.05, 4.69) is 5.32 Å². The summed E-state index contributed by atoms with van der Waals surface area (Å²) in [5.41, 5.74) is -0.413. The van der Waals surface area contributed by atoms with Crippen LogP contribution in [0.4, 0.5) is 10.1 Å². The van der Waals surface area contributed by atoms with E-state index in [0.29, 0.717) is 5.56 Å². The molecular weight excluding hydrogens is 359 g/mol. The molecule has 1 atom stereocenters. The third kappa shape index (κ3) is 3.40. The van der Waals surface area contributed by atoms with Crippen LogP contribution in [0.25, 0.3) is 5.57 Å². The summed E-state index contributed by atoms with van der Waals surface area (Å²) in [7, 11) is 0. The molecule has 1 aliphatic carbocycles. The highest BCUT2D eigenvalue weighted by Crippen LogP contribution is 2.33. The fourth-order valence-corrected chi connectivity index (χ4v) is 2.73. The third-order valence-electron chi connectivity index (χ3n) is 4.11. The van der Waals surface area contributed by atoms with Crippen molar-refractivity contribution in [3.05, 3.63) is 80.8 Å². The summed E-state index contributed by atoms with van der Waals surface area (Å²) >= 11 is 0. The molecule has 0 fully saturated rings. The van der Waals surface area contributed by atoms with Gasteiger partial charge in [0, 0.05) is 29.8 Å². The molecule has 27 heavy (non-hydrogen) atoms. The number of rotatable bonds is 4. The van der Waals surface area contributed by atoms with Crippen LogP contribution in [0, 0.1) is 15.9 Å². The molecule has 0 spiro atoms. The number of nitro benzene ring substituents is 1. The van der Waals surface area contributed by atoms with Gasteiger partial charge in [-0.1, -0.05) is 12.1 Å². The smallest absolute Gasteiger partial charge is 0.270 e. The summed E-state index contributed by atoms with van der Waals surface area (Å²) in [6.07, 6.45) is -1.99. The zero-order valence-corrected chi connectivity index (χ0v) is 13.7. The number of carbonyl (C=O) groups is 2. The molecule has 0 saturated carbocycles. The van der Waals surface area contributed by atoms with Crippen LogP contribution in [0.15, 0.2) is 48.2 Å². The van der Waals surface area contributed by atoms with Gasteiger partial charge in [0.15, 0.2) is 11.9 Å². The summed E-state index contributed by atoms with van der Waals surface area (Å²) in [5.74, 6) is -3.01. The van der Waals surface area contributed by atoms with Gasteiger partial charge < -0.3 is 15.5 Å². The molecule has 1 amide bonds. The number of aliphatic hydroxyl groups excluding tert-OH is 2. The first kappa shape index (κ1) is 18.2. The summed E-state index contributed by atoms with van der Waals surface area (Å²) in [4.78, 5) is 34.9. The van der Waals surface area contributed by atoms with Crippen LogP contribution in [-0.2, 0) is 11.3 Å². The fourth-order valence-electron chi connectivity index (χ4n) is 2.73. The van der Waals surface area contributed by atoms with Gasteiger partial charge in [0.1, 0.15) is 11.6 Å². The highest BCUT2D eigenvalue weighted by Gasteiger charge is 2.36. The lowest BCUT2D eigenvalue weighted by atomic mass is 9.86. The van der Waals surface area contributed by atoms with Crippen molar-refractivity contribution in [3.63, 3.8) is 0 Å². The second kappa shape index (κ2) is 6.96. The van der Waals surface area contributed by atoms with Crippen LogP contribution in [-0.4, -0.2) is 32.9 Å². The number of nitro groups is 1. The van der Waals surface area contributed by atoms with E-state index in [-0.39, 0.29) is 28.9 Å². The van der Waals surface area contributed by atoms with E-state index in [0.717, 1.165) is 12.1 Å². The van der Waals surface area contributed by atoms with Crippen LogP contribution in [0.2, 0.25) is 0 Å². The number of fused-ring (bicyclic) bond motifs is 1. The lowest BCUT2D eigenvalue weighted by Crippen LogP contribution is -2.34. The normalized spacial score (nSPS) is 16.1. The molecule has 8 nitrogen and oxygen atoms in total. The number of nitrogens with zero attached hydrogens (tertiary/aromatic N) is 1. The Labute approximate surface area is 151 Å². The van der Waals surface area contributed by atoms with Gasteiger partial charge in [-0.05, 0) is 23.8 Å². The minimum Gasteiger partial charge on any atom is -0.508 e. The van der Waals surface area contributed by atoms with Crippen LogP contribution < -0.4 is 5.32 Å². The van der Waals surface area contributed by atoms with Gasteiger partial charge in [-0.2, -0.15) is 0 Å². The van der Waals surface area contributed by atoms with Gasteiger partial charge in [-0.25, -0.2) is 4.39 Å². The zero-order chi connectivity index (χ0) is 19.7. The molecule has 0 radical (unpaired) electrons. The first-order valence-corrected chi connectivity index (χ1v) is 7.76. The average Bonchev–Trinajstić information content (AvgIpc) is 2.65. The van der Waals surface area contributed by atoms with Gasteiger partial charge in [0.05, 0.1) is 10.5 Å². The molecule has 1 aliphatic rings. The van der Waals surface area contributed by atoms with Crippen molar-refractivity contribution in [1.29, 1.82) is 0 Å². The topological polar surface area (TPSA) is 130 Å². The molecule has 0 aromatic heterocycles. The number of nitrogens with one attached hydrogen (secondary N) is 1. The number of Topliss-reactive ketones (excluding diaryl/α,β-unsaturated/α-hetero) is 1. The maximum atomic E-state index is 12.9. The van der Waals surface area contributed by atoms with Crippen LogP contribution in [0.5, 0.6) is 0 Å². The number of halogens is 1. The standard InChI is InChI=1S/C18H13FN2O6/c19-10-3-1-9(2-4-10)8-20-18(25)14-12-6-5-11(21(26)27)7-13(12)15(22)17(24)16(14)23/h1-7,17,23-24H,8H2,(H,20,25). The minimum absolute atomic E-state index is 0.00223. The molecule has 0 aliphatic heterocycles. The number of hydrogen-bond acceptors (Lipinski definition) is 6. The molecular formula is C18H13FN2O6. The SMILES string of the molecule is O=C(NCc1ccc(F)cc1)C1=C(O)C(O)C(=O)c2cc([N+](=O)[O-])ccc21. The molecule has 0 bridgehead atoms.